The van der Waals surface area contributed by atoms with Crippen molar-refractivity contribution >= 4 is 44.2 Å². The third-order valence-corrected chi connectivity index (χ3v) is 2.69. The number of nitrogen functional groups attached to an aromatic ring is 1. The third kappa shape index (κ3) is 2.03. The first-order valence-corrected chi connectivity index (χ1v) is 4.79. The molecule has 0 aliphatic carbocycles. The summed E-state index contributed by atoms with van der Waals surface area (Å²) in [6, 6.07) is 1.43. The summed E-state index contributed by atoms with van der Waals surface area (Å²) in [6.45, 7) is 0. The molecule has 0 aromatic carbocycles. The monoisotopic (exact) mass is 348 g/mol. The van der Waals surface area contributed by atoms with Crippen LogP contribution in [-0.2, 0) is 0 Å². The van der Waals surface area contributed by atoms with E-state index in [2.05, 4.69) is 20.9 Å². The third-order valence-electron chi connectivity index (χ3n) is 1.19. The maximum atomic E-state index is 12.2. The highest BCUT2D eigenvalue weighted by Crippen LogP contribution is 2.28. The number of halogens is 4. The molecule has 6 heteroatoms. The molecule has 0 unspecified atom stereocenters. The van der Waals surface area contributed by atoms with Crippen molar-refractivity contribution in [1.29, 1.82) is 0 Å². The van der Waals surface area contributed by atoms with E-state index in [0.717, 1.165) is 0 Å². The average Bonchev–Trinajstić information content (AvgIpc) is 1.96. The van der Waals surface area contributed by atoms with Crippen LogP contribution in [0.1, 0.15) is 12.1 Å². The van der Waals surface area contributed by atoms with E-state index in [9.17, 15) is 8.78 Å². The molecule has 2 N–H and O–H groups in total. The van der Waals surface area contributed by atoms with Gasteiger partial charge in [-0.2, -0.15) is 0 Å². The molecule has 0 bridgehead atoms. The molecule has 1 heterocycles. The second-order valence-electron chi connectivity index (χ2n) is 2.04. The van der Waals surface area contributed by atoms with Crippen LogP contribution in [0.3, 0.4) is 0 Å². The van der Waals surface area contributed by atoms with Crippen LogP contribution in [0, 0.1) is 3.70 Å². The first kappa shape index (κ1) is 10.1. The number of hydrogen-bond acceptors (Lipinski definition) is 2. The lowest BCUT2D eigenvalue weighted by molar-refractivity contribution is 0.145. The van der Waals surface area contributed by atoms with E-state index >= 15 is 0 Å². The zero-order chi connectivity index (χ0) is 9.30. The lowest BCUT2D eigenvalue weighted by atomic mass is 10.3. The van der Waals surface area contributed by atoms with E-state index in [0.29, 0.717) is 9.39 Å². The molecule has 0 radical (unpaired) electrons. The van der Waals surface area contributed by atoms with Crippen LogP contribution in [0.25, 0.3) is 0 Å². The van der Waals surface area contributed by atoms with Gasteiger partial charge in [0.1, 0.15) is 9.39 Å². The van der Waals surface area contributed by atoms with Gasteiger partial charge in [-0.25, -0.2) is 13.8 Å². The van der Waals surface area contributed by atoms with Crippen molar-refractivity contribution in [2.45, 2.75) is 6.43 Å². The highest BCUT2D eigenvalue weighted by Gasteiger charge is 2.15. The fraction of sp³-hybridized carbons (Fsp3) is 0.167. The molecule has 0 saturated heterocycles. The van der Waals surface area contributed by atoms with Crippen LogP contribution < -0.4 is 5.73 Å². The number of pyridine rings is 1. The molecule has 0 spiro atoms. The first-order valence-electron chi connectivity index (χ1n) is 2.92. The Hall–Kier alpha value is 0.0200. The van der Waals surface area contributed by atoms with Gasteiger partial charge >= 0.3 is 0 Å². The summed E-state index contributed by atoms with van der Waals surface area (Å²) in [5.74, 6) is 0. The maximum absolute atomic E-state index is 12.2. The van der Waals surface area contributed by atoms with Gasteiger partial charge in [-0.1, -0.05) is 0 Å². The standard InChI is InChI=1S/C6H4BrF2IN2/c7-2-1-3(11)6(10)12-4(2)5(8)9/h1,5H,11H2. The zero-order valence-electron chi connectivity index (χ0n) is 5.69. The summed E-state index contributed by atoms with van der Waals surface area (Å²) < 4.78 is 25.0. The van der Waals surface area contributed by atoms with Crippen molar-refractivity contribution in [2.75, 3.05) is 5.73 Å². The van der Waals surface area contributed by atoms with Gasteiger partial charge in [0, 0.05) is 4.47 Å². The Morgan fingerprint density at radius 3 is 2.67 bits per heavy atom. The van der Waals surface area contributed by atoms with Crippen molar-refractivity contribution in [3.63, 3.8) is 0 Å². The molecule has 1 aromatic heterocycles. The lowest BCUT2D eigenvalue weighted by Crippen LogP contribution is -1.99. The highest BCUT2D eigenvalue weighted by atomic mass is 127. The normalized spacial score (nSPS) is 10.8. The predicted molar refractivity (Wildman–Crippen MR) is 54.0 cm³/mol. The van der Waals surface area contributed by atoms with Gasteiger partial charge in [0.15, 0.2) is 0 Å². The Bertz CT molecular complexity index is 306. The summed E-state index contributed by atoms with van der Waals surface area (Å²) in [7, 11) is 0. The number of anilines is 1. The van der Waals surface area contributed by atoms with Crippen molar-refractivity contribution in [3.05, 3.63) is 19.9 Å². The number of hydrogen-bond donors (Lipinski definition) is 1. The maximum Gasteiger partial charge on any atom is 0.281 e. The van der Waals surface area contributed by atoms with E-state index in [1.54, 1.807) is 0 Å². The summed E-state index contributed by atoms with van der Waals surface area (Å²) in [4.78, 5) is 3.64. The largest absolute Gasteiger partial charge is 0.397 e. The summed E-state index contributed by atoms with van der Waals surface area (Å²) in [6.07, 6.45) is -2.58. The summed E-state index contributed by atoms with van der Waals surface area (Å²) >= 11 is 4.77. The van der Waals surface area contributed by atoms with Gasteiger partial charge in [0.25, 0.3) is 6.43 Å². The van der Waals surface area contributed by atoms with Gasteiger partial charge in [-0.3, -0.25) is 0 Å². The molecule has 0 aliphatic rings. The number of alkyl halides is 2. The molecule has 1 aromatic rings. The second kappa shape index (κ2) is 3.82. The number of nitrogens with zero attached hydrogens (tertiary/aromatic N) is 1. The van der Waals surface area contributed by atoms with E-state index in [1.807, 2.05) is 22.6 Å². The van der Waals surface area contributed by atoms with Gasteiger partial charge < -0.3 is 5.73 Å². The van der Waals surface area contributed by atoms with Gasteiger partial charge in [0.05, 0.1) is 5.69 Å². The minimum Gasteiger partial charge on any atom is -0.397 e. The van der Waals surface area contributed by atoms with E-state index < -0.39 is 6.43 Å². The molecule has 1 rings (SSSR count). The fourth-order valence-corrected chi connectivity index (χ4v) is 1.57. The first-order chi connectivity index (χ1) is 5.52. The van der Waals surface area contributed by atoms with Gasteiger partial charge in [-0.15, -0.1) is 0 Å². The van der Waals surface area contributed by atoms with E-state index in [-0.39, 0.29) is 10.2 Å². The van der Waals surface area contributed by atoms with E-state index in [1.165, 1.54) is 6.07 Å². The van der Waals surface area contributed by atoms with Crippen molar-refractivity contribution in [1.82, 2.24) is 4.98 Å². The Morgan fingerprint density at radius 2 is 2.17 bits per heavy atom. The van der Waals surface area contributed by atoms with Crippen LogP contribution in [0.4, 0.5) is 14.5 Å². The van der Waals surface area contributed by atoms with Crippen LogP contribution in [0.5, 0.6) is 0 Å². The quantitative estimate of drug-likeness (QED) is 0.626. The zero-order valence-corrected chi connectivity index (χ0v) is 9.43. The Kier molecular flexibility index (Phi) is 3.22. The number of rotatable bonds is 1. The van der Waals surface area contributed by atoms with Crippen molar-refractivity contribution in [2.24, 2.45) is 0 Å². The van der Waals surface area contributed by atoms with Crippen LogP contribution in [0.15, 0.2) is 10.5 Å². The Balaban J connectivity index is 3.23. The van der Waals surface area contributed by atoms with Crippen LogP contribution in [-0.4, -0.2) is 4.98 Å². The minimum atomic E-state index is -2.58. The molecule has 66 valence electrons. The lowest BCUT2D eigenvalue weighted by Gasteiger charge is -2.04. The molecule has 0 amide bonds. The Morgan fingerprint density at radius 1 is 1.58 bits per heavy atom. The number of nitrogens with two attached hydrogens (primary N) is 1. The predicted octanol–water partition coefficient (Wildman–Crippen LogP) is 2.97. The smallest absolute Gasteiger partial charge is 0.281 e. The molecule has 0 fully saturated rings. The Labute approximate surface area is 89.8 Å². The fourth-order valence-electron chi connectivity index (χ4n) is 0.647. The second-order valence-corrected chi connectivity index (χ2v) is 3.91. The topological polar surface area (TPSA) is 38.9 Å². The van der Waals surface area contributed by atoms with E-state index in [4.69, 9.17) is 5.73 Å². The molecule has 0 saturated carbocycles. The number of aromatic nitrogens is 1. The van der Waals surface area contributed by atoms with Gasteiger partial charge in [0.2, 0.25) is 0 Å². The van der Waals surface area contributed by atoms with Crippen LogP contribution in [0.2, 0.25) is 0 Å². The summed E-state index contributed by atoms with van der Waals surface area (Å²) in [5.41, 5.74) is 5.57. The summed E-state index contributed by atoms with van der Waals surface area (Å²) in [5, 5.41) is 0. The average molecular weight is 349 g/mol. The molecule has 12 heavy (non-hydrogen) atoms. The van der Waals surface area contributed by atoms with Gasteiger partial charge in [-0.05, 0) is 44.6 Å². The van der Waals surface area contributed by atoms with Crippen molar-refractivity contribution in [3.8, 4) is 0 Å². The molecule has 0 aliphatic heterocycles. The molecule has 0 atom stereocenters. The molecular weight excluding hydrogens is 345 g/mol. The minimum absolute atomic E-state index is 0.246. The molecular formula is C6H4BrF2IN2. The molecule has 2 nitrogen and oxygen atoms in total. The van der Waals surface area contributed by atoms with Crippen LogP contribution >= 0.6 is 38.5 Å². The highest BCUT2D eigenvalue weighted by molar-refractivity contribution is 14.1. The SMILES string of the molecule is Nc1cc(Br)c(C(F)F)nc1I. The van der Waals surface area contributed by atoms with Crippen molar-refractivity contribution < 1.29 is 8.78 Å².